The van der Waals surface area contributed by atoms with Crippen LogP contribution in [-0.4, -0.2) is 42.4 Å². The SMILES string of the molecule is NC(=O)C1CCCCC1NC(=O)COC(=O)[C@H](Cc1ccccc1)NC(=O)c1ccccc1. The molecule has 0 heterocycles. The minimum absolute atomic E-state index is 0.215. The Balaban J connectivity index is 1.61. The maximum absolute atomic E-state index is 12.8. The van der Waals surface area contributed by atoms with Crippen molar-refractivity contribution < 1.29 is 23.9 Å². The minimum atomic E-state index is -0.971. The molecule has 8 nitrogen and oxygen atoms in total. The van der Waals surface area contributed by atoms with Crippen molar-refractivity contribution >= 4 is 23.7 Å². The Labute approximate surface area is 192 Å². The summed E-state index contributed by atoms with van der Waals surface area (Å²) < 4.78 is 5.23. The van der Waals surface area contributed by atoms with Gasteiger partial charge >= 0.3 is 5.97 Å². The van der Waals surface area contributed by atoms with E-state index in [4.69, 9.17) is 10.5 Å². The fraction of sp³-hybridized carbons (Fsp3) is 0.360. The van der Waals surface area contributed by atoms with E-state index in [0.717, 1.165) is 18.4 Å². The molecule has 3 amide bonds. The summed E-state index contributed by atoms with van der Waals surface area (Å²) in [7, 11) is 0. The lowest BCUT2D eigenvalue weighted by Crippen LogP contribution is -2.49. The molecule has 2 aromatic carbocycles. The molecule has 0 aromatic heterocycles. The molecular formula is C25H29N3O5. The van der Waals surface area contributed by atoms with Crippen molar-refractivity contribution in [3.8, 4) is 0 Å². The van der Waals surface area contributed by atoms with Gasteiger partial charge in [0.2, 0.25) is 5.91 Å². The molecular weight excluding hydrogens is 422 g/mol. The van der Waals surface area contributed by atoms with E-state index in [1.54, 1.807) is 30.3 Å². The van der Waals surface area contributed by atoms with E-state index >= 15 is 0 Å². The number of carbonyl (C=O) groups is 4. The average Bonchev–Trinajstić information content (AvgIpc) is 2.83. The quantitative estimate of drug-likeness (QED) is 0.500. The number of hydrogen-bond acceptors (Lipinski definition) is 5. The lowest BCUT2D eigenvalue weighted by molar-refractivity contribution is -0.150. The molecule has 3 atom stereocenters. The second-order valence-electron chi connectivity index (χ2n) is 8.16. The topological polar surface area (TPSA) is 128 Å². The molecule has 0 bridgehead atoms. The van der Waals surface area contributed by atoms with E-state index in [9.17, 15) is 19.2 Å². The first-order chi connectivity index (χ1) is 15.9. The maximum Gasteiger partial charge on any atom is 0.329 e. The summed E-state index contributed by atoms with van der Waals surface area (Å²) in [6.45, 7) is -0.507. The van der Waals surface area contributed by atoms with Gasteiger partial charge in [0.1, 0.15) is 6.04 Å². The first-order valence-corrected chi connectivity index (χ1v) is 11.1. The van der Waals surface area contributed by atoms with E-state index < -0.39 is 42.3 Å². The van der Waals surface area contributed by atoms with E-state index in [0.29, 0.717) is 18.4 Å². The summed E-state index contributed by atoms with van der Waals surface area (Å²) in [5, 5.41) is 5.46. The standard InChI is InChI=1S/C25H29N3O5/c26-23(30)19-13-7-8-14-20(19)27-22(29)16-33-25(32)21(15-17-9-3-1-4-10-17)28-24(31)18-11-5-2-6-12-18/h1-6,9-12,19-21H,7-8,13-16H2,(H2,26,30)(H,27,29)(H,28,31)/t19?,20?,21-/m0/s1. The number of ether oxygens (including phenoxy) is 1. The molecule has 1 aliphatic carbocycles. The Hall–Kier alpha value is -3.68. The van der Waals surface area contributed by atoms with E-state index in [-0.39, 0.29) is 12.5 Å². The molecule has 1 saturated carbocycles. The molecule has 33 heavy (non-hydrogen) atoms. The van der Waals surface area contributed by atoms with Crippen molar-refractivity contribution in [1.29, 1.82) is 0 Å². The number of rotatable bonds is 9. The van der Waals surface area contributed by atoms with Crippen LogP contribution in [0.3, 0.4) is 0 Å². The first kappa shape index (κ1) is 24.0. The highest BCUT2D eigenvalue weighted by atomic mass is 16.5. The Bertz CT molecular complexity index is 965. The van der Waals surface area contributed by atoms with Gasteiger partial charge in [0.05, 0.1) is 5.92 Å². The van der Waals surface area contributed by atoms with Crippen LogP contribution in [-0.2, 0) is 25.5 Å². The Morgan fingerprint density at radius 3 is 2.24 bits per heavy atom. The number of primary amides is 1. The number of hydrogen-bond donors (Lipinski definition) is 3. The van der Waals surface area contributed by atoms with Crippen LogP contribution in [0.15, 0.2) is 60.7 Å². The van der Waals surface area contributed by atoms with Gasteiger partial charge < -0.3 is 21.1 Å². The number of amides is 3. The molecule has 4 N–H and O–H groups in total. The van der Waals surface area contributed by atoms with Crippen LogP contribution in [0.25, 0.3) is 0 Å². The number of carbonyl (C=O) groups excluding carboxylic acids is 4. The fourth-order valence-corrected chi connectivity index (χ4v) is 4.00. The smallest absolute Gasteiger partial charge is 0.329 e. The zero-order valence-corrected chi connectivity index (χ0v) is 18.4. The van der Waals surface area contributed by atoms with Crippen LogP contribution in [0.1, 0.15) is 41.6 Å². The van der Waals surface area contributed by atoms with Gasteiger partial charge in [-0.15, -0.1) is 0 Å². The Morgan fingerprint density at radius 2 is 1.58 bits per heavy atom. The highest BCUT2D eigenvalue weighted by molar-refractivity contribution is 5.97. The zero-order chi connectivity index (χ0) is 23.6. The highest BCUT2D eigenvalue weighted by Gasteiger charge is 2.31. The molecule has 3 rings (SSSR count). The van der Waals surface area contributed by atoms with Gasteiger partial charge in [-0.05, 0) is 30.5 Å². The second kappa shape index (κ2) is 11.8. The third kappa shape index (κ3) is 7.17. The van der Waals surface area contributed by atoms with Crippen molar-refractivity contribution in [3.05, 3.63) is 71.8 Å². The lowest BCUT2D eigenvalue weighted by atomic mass is 9.84. The van der Waals surface area contributed by atoms with Crippen molar-refractivity contribution in [2.75, 3.05) is 6.61 Å². The van der Waals surface area contributed by atoms with Gasteiger partial charge in [-0.25, -0.2) is 4.79 Å². The summed E-state index contributed by atoms with van der Waals surface area (Å²) in [6.07, 6.45) is 3.27. The van der Waals surface area contributed by atoms with Crippen molar-refractivity contribution in [2.45, 2.75) is 44.2 Å². The molecule has 1 aliphatic rings. The summed E-state index contributed by atoms with van der Waals surface area (Å²) in [6, 6.07) is 16.4. The third-order valence-electron chi connectivity index (χ3n) is 5.73. The summed E-state index contributed by atoms with van der Waals surface area (Å²) in [5.41, 5.74) is 6.70. The average molecular weight is 452 g/mol. The van der Waals surface area contributed by atoms with Crippen LogP contribution in [0.4, 0.5) is 0 Å². The predicted octanol–water partition coefficient (Wildman–Crippen LogP) is 1.73. The molecule has 174 valence electrons. The number of esters is 1. The van der Waals surface area contributed by atoms with Crippen LogP contribution in [0.5, 0.6) is 0 Å². The summed E-state index contributed by atoms with van der Waals surface area (Å²) in [5.74, 6) is -2.50. The van der Waals surface area contributed by atoms with Gasteiger partial charge in [0, 0.05) is 18.0 Å². The van der Waals surface area contributed by atoms with E-state index in [1.807, 2.05) is 30.3 Å². The summed E-state index contributed by atoms with van der Waals surface area (Å²) >= 11 is 0. The molecule has 0 spiro atoms. The zero-order valence-electron chi connectivity index (χ0n) is 18.4. The molecule has 8 heteroatoms. The molecule has 2 unspecified atom stereocenters. The highest BCUT2D eigenvalue weighted by Crippen LogP contribution is 2.24. The van der Waals surface area contributed by atoms with Crippen molar-refractivity contribution in [2.24, 2.45) is 11.7 Å². The van der Waals surface area contributed by atoms with E-state index in [2.05, 4.69) is 10.6 Å². The van der Waals surface area contributed by atoms with Crippen LogP contribution in [0, 0.1) is 5.92 Å². The normalized spacial score (nSPS) is 18.5. The largest absolute Gasteiger partial charge is 0.454 e. The maximum atomic E-state index is 12.8. The van der Waals surface area contributed by atoms with Gasteiger partial charge in [0.15, 0.2) is 6.61 Å². The predicted molar refractivity (Wildman–Crippen MR) is 122 cm³/mol. The molecule has 0 radical (unpaired) electrons. The molecule has 0 saturated heterocycles. The molecule has 0 aliphatic heterocycles. The first-order valence-electron chi connectivity index (χ1n) is 11.1. The van der Waals surface area contributed by atoms with Crippen molar-refractivity contribution in [3.63, 3.8) is 0 Å². The van der Waals surface area contributed by atoms with Crippen LogP contribution < -0.4 is 16.4 Å². The van der Waals surface area contributed by atoms with Gasteiger partial charge in [0.25, 0.3) is 11.8 Å². The Morgan fingerprint density at radius 1 is 0.939 bits per heavy atom. The number of nitrogens with two attached hydrogens (primary N) is 1. The van der Waals surface area contributed by atoms with Crippen molar-refractivity contribution in [1.82, 2.24) is 10.6 Å². The lowest BCUT2D eigenvalue weighted by Gasteiger charge is -2.29. The van der Waals surface area contributed by atoms with Crippen LogP contribution in [0.2, 0.25) is 0 Å². The van der Waals surface area contributed by atoms with Gasteiger partial charge in [-0.1, -0.05) is 61.4 Å². The molecule has 2 aromatic rings. The fourth-order valence-electron chi connectivity index (χ4n) is 4.00. The summed E-state index contributed by atoms with van der Waals surface area (Å²) in [4.78, 5) is 49.4. The van der Waals surface area contributed by atoms with Crippen LogP contribution >= 0.6 is 0 Å². The van der Waals surface area contributed by atoms with Gasteiger partial charge in [-0.3, -0.25) is 14.4 Å². The second-order valence-corrected chi connectivity index (χ2v) is 8.16. The Kier molecular flexibility index (Phi) is 8.57. The monoisotopic (exact) mass is 451 g/mol. The number of benzene rings is 2. The minimum Gasteiger partial charge on any atom is -0.454 e. The number of nitrogens with one attached hydrogen (secondary N) is 2. The van der Waals surface area contributed by atoms with Gasteiger partial charge in [-0.2, -0.15) is 0 Å². The molecule has 1 fully saturated rings. The van der Waals surface area contributed by atoms with E-state index in [1.165, 1.54) is 0 Å². The third-order valence-corrected chi connectivity index (χ3v) is 5.73.